The van der Waals surface area contributed by atoms with Gasteiger partial charge in [0.05, 0.1) is 0 Å². The van der Waals surface area contributed by atoms with Gasteiger partial charge in [0.25, 0.3) is 0 Å². The first-order valence-electron chi connectivity index (χ1n) is 5.84. The van der Waals surface area contributed by atoms with Gasteiger partial charge >= 0.3 is 0 Å². The van der Waals surface area contributed by atoms with Gasteiger partial charge in [0, 0.05) is 25.2 Å². The standard InChI is InChI=1S/C11H18N2O.C2H6/c1-12-7-8-13(2)9-10-5-3-4-6-11(10)14;1-2/h3-6,12,14H,7-9H2,1-2H3;1-2H3. The van der Waals surface area contributed by atoms with Gasteiger partial charge in [0.2, 0.25) is 0 Å². The lowest BCUT2D eigenvalue weighted by atomic mass is 10.2. The smallest absolute Gasteiger partial charge is 0.120 e. The van der Waals surface area contributed by atoms with Crippen LogP contribution in [0.5, 0.6) is 5.75 Å². The molecule has 0 saturated carbocycles. The van der Waals surface area contributed by atoms with Crippen molar-refractivity contribution in [2.75, 3.05) is 27.2 Å². The van der Waals surface area contributed by atoms with Crippen LogP contribution in [0.1, 0.15) is 19.4 Å². The molecule has 0 atom stereocenters. The maximum absolute atomic E-state index is 9.54. The summed E-state index contributed by atoms with van der Waals surface area (Å²) in [6, 6.07) is 7.46. The minimum absolute atomic E-state index is 0.379. The zero-order valence-electron chi connectivity index (χ0n) is 10.8. The molecular formula is C13H24N2O. The molecule has 0 amide bonds. The predicted molar refractivity (Wildman–Crippen MR) is 69.7 cm³/mol. The normalized spacial score (nSPS) is 9.81. The lowest BCUT2D eigenvalue weighted by Crippen LogP contribution is -2.26. The second-order valence-electron chi connectivity index (χ2n) is 3.47. The average Bonchev–Trinajstić information content (AvgIpc) is 2.32. The van der Waals surface area contributed by atoms with Crippen LogP contribution in [0.2, 0.25) is 0 Å². The van der Waals surface area contributed by atoms with E-state index in [1.807, 2.05) is 46.1 Å². The van der Waals surface area contributed by atoms with Crippen LogP contribution in [0.3, 0.4) is 0 Å². The molecule has 1 rings (SSSR count). The number of phenolic OH excluding ortho intramolecular Hbond substituents is 1. The molecule has 0 aliphatic heterocycles. The maximum atomic E-state index is 9.54. The minimum atomic E-state index is 0.379. The highest BCUT2D eigenvalue weighted by Crippen LogP contribution is 2.16. The van der Waals surface area contributed by atoms with E-state index >= 15 is 0 Å². The molecule has 0 aliphatic carbocycles. The Hall–Kier alpha value is -1.06. The number of rotatable bonds is 5. The zero-order chi connectivity index (χ0) is 12.4. The fraction of sp³-hybridized carbons (Fsp3) is 0.538. The van der Waals surface area contributed by atoms with Crippen molar-refractivity contribution >= 4 is 0 Å². The minimum Gasteiger partial charge on any atom is -0.508 e. The Kier molecular flexibility index (Phi) is 8.58. The van der Waals surface area contributed by atoms with Crippen LogP contribution in [-0.4, -0.2) is 37.2 Å². The third kappa shape index (κ3) is 5.73. The van der Waals surface area contributed by atoms with Gasteiger partial charge in [0.15, 0.2) is 0 Å². The van der Waals surface area contributed by atoms with E-state index < -0.39 is 0 Å². The molecule has 92 valence electrons. The molecular weight excluding hydrogens is 200 g/mol. The molecule has 3 heteroatoms. The van der Waals surface area contributed by atoms with Crippen molar-refractivity contribution in [2.24, 2.45) is 0 Å². The fourth-order valence-corrected chi connectivity index (χ4v) is 1.32. The molecule has 0 aliphatic rings. The maximum Gasteiger partial charge on any atom is 0.120 e. The van der Waals surface area contributed by atoms with Gasteiger partial charge in [-0.1, -0.05) is 32.0 Å². The average molecular weight is 224 g/mol. The number of likely N-dealkylation sites (N-methyl/N-ethyl adjacent to an activating group) is 2. The third-order valence-electron chi connectivity index (χ3n) is 2.18. The highest BCUT2D eigenvalue weighted by molar-refractivity contribution is 5.31. The van der Waals surface area contributed by atoms with Crippen LogP contribution >= 0.6 is 0 Å². The lowest BCUT2D eigenvalue weighted by Gasteiger charge is -2.16. The van der Waals surface area contributed by atoms with E-state index in [2.05, 4.69) is 10.2 Å². The first kappa shape index (κ1) is 14.9. The summed E-state index contributed by atoms with van der Waals surface area (Å²) in [5.41, 5.74) is 0.978. The second-order valence-corrected chi connectivity index (χ2v) is 3.47. The molecule has 0 heterocycles. The molecule has 3 nitrogen and oxygen atoms in total. The second kappa shape index (κ2) is 9.19. The summed E-state index contributed by atoms with van der Waals surface area (Å²) in [6.07, 6.45) is 0. The van der Waals surface area contributed by atoms with E-state index in [1.54, 1.807) is 6.07 Å². The molecule has 1 aromatic rings. The molecule has 0 unspecified atom stereocenters. The van der Waals surface area contributed by atoms with Crippen molar-refractivity contribution in [3.63, 3.8) is 0 Å². The van der Waals surface area contributed by atoms with E-state index in [0.29, 0.717) is 5.75 Å². The van der Waals surface area contributed by atoms with Crippen molar-refractivity contribution in [3.8, 4) is 5.75 Å². The van der Waals surface area contributed by atoms with Crippen molar-refractivity contribution in [2.45, 2.75) is 20.4 Å². The van der Waals surface area contributed by atoms with Crippen molar-refractivity contribution < 1.29 is 5.11 Å². The number of aromatic hydroxyl groups is 1. The summed E-state index contributed by atoms with van der Waals surface area (Å²) in [4.78, 5) is 2.17. The van der Waals surface area contributed by atoms with Gasteiger partial charge in [-0.25, -0.2) is 0 Å². The van der Waals surface area contributed by atoms with Crippen molar-refractivity contribution in [1.82, 2.24) is 10.2 Å². The molecule has 2 N–H and O–H groups in total. The van der Waals surface area contributed by atoms with Crippen LogP contribution in [-0.2, 0) is 6.54 Å². The molecule has 0 aromatic heterocycles. The molecule has 0 fully saturated rings. The Morgan fingerprint density at radius 2 is 1.88 bits per heavy atom. The van der Waals surface area contributed by atoms with E-state index in [4.69, 9.17) is 0 Å². The SMILES string of the molecule is CC.CNCCN(C)Cc1ccccc1O. The summed E-state index contributed by atoms with van der Waals surface area (Å²) >= 11 is 0. The number of hydrogen-bond acceptors (Lipinski definition) is 3. The number of nitrogens with zero attached hydrogens (tertiary/aromatic N) is 1. The van der Waals surface area contributed by atoms with Crippen LogP contribution < -0.4 is 5.32 Å². The molecule has 16 heavy (non-hydrogen) atoms. The Morgan fingerprint density at radius 3 is 2.44 bits per heavy atom. The van der Waals surface area contributed by atoms with Crippen LogP contribution in [0.25, 0.3) is 0 Å². The first-order chi connectivity index (χ1) is 7.74. The number of phenols is 1. The van der Waals surface area contributed by atoms with Crippen LogP contribution in [0.15, 0.2) is 24.3 Å². The first-order valence-corrected chi connectivity index (χ1v) is 5.84. The van der Waals surface area contributed by atoms with Gasteiger partial charge in [0.1, 0.15) is 5.75 Å². The number of benzene rings is 1. The van der Waals surface area contributed by atoms with Gasteiger partial charge in [-0.2, -0.15) is 0 Å². The summed E-state index contributed by atoms with van der Waals surface area (Å²) < 4.78 is 0. The van der Waals surface area contributed by atoms with Crippen LogP contribution in [0, 0.1) is 0 Å². The number of nitrogens with one attached hydrogen (secondary N) is 1. The van der Waals surface area contributed by atoms with Gasteiger partial charge < -0.3 is 15.3 Å². The topological polar surface area (TPSA) is 35.5 Å². The van der Waals surface area contributed by atoms with E-state index in [0.717, 1.165) is 25.2 Å². The number of hydrogen-bond donors (Lipinski definition) is 2. The predicted octanol–water partition coefficient (Wildman–Crippen LogP) is 2.07. The van der Waals surface area contributed by atoms with E-state index in [-0.39, 0.29) is 0 Å². The molecule has 0 saturated heterocycles. The Morgan fingerprint density at radius 1 is 1.25 bits per heavy atom. The highest BCUT2D eigenvalue weighted by atomic mass is 16.3. The lowest BCUT2D eigenvalue weighted by molar-refractivity contribution is 0.321. The van der Waals surface area contributed by atoms with Crippen LogP contribution in [0.4, 0.5) is 0 Å². The molecule has 0 radical (unpaired) electrons. The Bertz CT molecular complexity index is 276. The molecule has 0 spiro atoms. The Balaban J connectivity index is 0.00000106. The third-order valence-corrected chi connectivity index (χ3v) is 2.18. The fourth-order valence-electron chi connectivity index (χ4n) is 1.32. The summed E-state index contributed by atoms with van der Waals surface area (Å²) in [7, 11) is 3.98. The summed E-state index contributed by atoms with van der Waals surface area (Å²) in [5, 5.41) is 12.6. The highest BCUT2D eigenvalue weighted by Gasteiger charge is 2.02. The Labute approximate surface area is 99.1 Å². The van der Waals surface area contributed by atoms with Gasteiger partial charge in [-0.15, -0.1) is 0 Å². The summed E-state index contributed by atoms with van der Waals surface area (Å²) in [5.74, 6) is 0.379. The van der Waals surface area contributed by atoms with Crippen molar-refractivity contribution in [1.29, 1.82) is 0 Å². The van der Waals surface area contributed by atoms with Gasteiger partial charge in [-0.05, 0) is 20.2 Å². The zero-order valence-corrected chi connectivity index (χ0v) is 10.8. The van der Waals surface area contributed by atoms with E-state index in [1.165, 1.54) is 0 Å². The molecule has 0 bridgehead atoms. The monoisotopic (exact) mass is 224 g/mol. The van der Waals surface area contributed by atoms with Crippen molar-refractivity contribution in [3.05, 3.63) is 29.8 Å². The largest absolute Gasteiger partial charge is 0.508 e. The quantitative estimate of drug-likeness (QED) is 0.803. The molecule has 1 aromatic carbocycles. The van der Waals surface area contributed by atoms with Gasteiger partial charge in [-0.3, -0.25) is 0 Å². The number of para-hydroxylation sites is 1. The van der Waals surface area contributed by atoms with E-state index in [9.17, 15) is 5.11 Å². The summed E-state index contributed by atoms with van der Waals surface area (Å²) in [6.45, 7) is 6.73.